The van der Waals surface area contributed by atoms with E-state index in [0.717, 1.165) is 37.2 Å². The first-order chi connectivity index (χ1) is 12.1. The molecule has 130 valence electrons. The Hall–Kier alpha value is -1.62. The van der Waals surface area contributed by atoms with Gasteiger partial charge in [0.1, 0.15) is 0 Å². The number of aromatic nitrogens is 1. The number of halogens is 2. The third-order valence-electron chi connectivity index (χ3n) is 5.08. The Labute approximate surface area is 157 Å². The molecule has 3 unspecified atom stereocenters. The quantitative estimate of drug-likeness (QED) is 0.889. The average Bonchev–Trinajstić information content (AvgIpc) is 3.45. The minimum atomic E-state index is 0.0366. The summed E-state index contributed by atoms with van der Waals surface area (Å²) < 4.78 is 0. The Morgan fingerprint density at radius 1 is 1.20 bits per heavy atom. The van der Waals surface area contributed by atoms with E-state index in [4.69, 9.17) is 23.2 Å². The molecule has 1 saturated heterocycles. The third kappa shape index (κ3) is 3.39. The maximum Gasteiger partial charge on any atom is 0.226 e. The van der Waals surface area contributed by atoms with Crippen molar-refractivity contribution in [3.8, 4) is 0 Å². The van der Waals surface area contributed by atoms with Gasteiger partial charge >= 0.3 is 0 Å². The van der Waals surface area contributed by atoms with Gasteiger partial charge in [0.05, 0.1) is 16.1 Å². The summed E-state index contributed by atoms with van der Waals surface area (Å²) in [5, 5.41) is 4.48. The number of nitrogens with zero attached hydrogens (tertiary/aromatic N) is 2. The summed E-state index contributed by atoms with van der Waals surface area (Å²) >= 11 is 12.1. The first kappa shape index (κ1) is 16.8. The van der Waals surface area contributed by atoms with Crippen LogP contribution in [-0.2, 0) is 4.79 Å². The predicted octanol–water partition coefficient (Wildman–Crippen LogP) is 3.67. The Morgan fingerprint density at radius 2 is 2.08 bits per heavy atom. The van der Waals surface area contributed by atoms with Crippen LogP contribution in [0.2, 0.25) is 10.0 Å². The zero-order valence-corrected chi connectivity index (χ0v) is 15.2. The summed E-state index contributed by atoms with van der Waals surface area (Å²) in [5.41, 5.74) is 2.18. The molecule has 1 aliphatic carbocycles. The molecule has 1 saturated carbocycles. The van der Waals surface area contributed by atoms with Gasteiger partial charge in [-0.3, -0.25) is 9.78 Å². The summed E-state index contributed by atoms with van der Waals surface area (Å²) in [4.78, 5) is 19.3. The van der Waals surface area contributed by atoms with E-state index < -0.39 is 0 Å². The molecule has 6 heteroatoms. The van der Waals surface area contributed by atoms with Gasteiger partial charge < -0.3 is 10.2 Å². The van der Waals surface area contributed by atoms with Crippen LogP contribution in [0.15, 0.2) is 42.7 Å². The zero-order valence-electron chi connectivity index (χ0n) is 13.7. The Kier molecular flexibility index (Phi) is 4.67. The van der Waals surface area contributed by atoms with E-state index in [1.807, 2.05) is 41.4 Å². The number of hydrogen-bond donors (Lipinski definition) is 1. The molecule has 2 aromatic rings. The summed E-state index contributed by atoms with van der Waals surface area (Å²) in [6.45, 7) is 2.32. The van der Waals surface area contributed by atoms with E-state index in [0.29, 0.717) is 10.0 Å². The number of carbonyl (C=O) groups is 1. The molecular formula is C19H19Cl2N3O. The minimum absolute atomic E-state index is 0.0366. The number of benzene rings is 1. The monoisotopic (exact) mass is 375 g/mol. The van der Waals surface area contributed by atoms with Crippen molar-refractivity contribution in [3.05, 3.63) is 63.9 Å². The fourth-order valence-electron chi connectivity index (χ4n) is 3.63. The van der Waals surface area contributed by atoms with Crippen molar-refractivity contribution in [3.63, 3.8) is 0 Å². The second kappa shape index (κ2) is 6.94. The molecule has 2 heterocycles. The van der Waals surface area contributed by atoms with Gasteiger partial charge in [0.15, 0.2) is 0 Å². The number of amides is 1. The van der Waals surface area contributed by atoms with E-state index in [1.54, 1.807) is 6.20 Å². The molecule has 0 spiro atoms. The van der Waals surface area contributed by atoms with Crippen molar-refractivity contribution in [2.24, 2.45) is 5.92 Å². The number of carbonyl (C=O) groups excluding carboxylic acids is 1. The molecule has 1 amide bonds. The van der Waals surface area contributed by atoms with Crippen molar-refractivity contribution in [2.75, 3.05) is 19.6 Å². The van der Waals surface area contributed by atoms with E-state index in [-0.39, 0.29) is 23.8 Å². The van der Waals surface area contributed by atoms with E-state index >= 15 is 0 Å². The van der Waals surface area contributed by atoms with Crippen LogP contribution in [0.3, 0.4) is 0 Å². The largest absolute Gasteiger partial charge is 0.333 e. The van der Waals surface area contributed by atoms with Crippen molar-refractivity contribution in [1.29, 1.82) is 0 Å². The Balaban J connectivity index is 1.51. The third-order valence-corrected chi connectivity index (χ3v) is 5.81. The highest BCUT2D eigenvalue weighted by Gasteiger charge is 2.47. The molecule has 2 aliphatic rings. The number of pyridine rings is 1. The topological polar surface area (TPSA) is 45.2 Å². The van der Waals surface area contributed by atoms with Crippen LogP contribution in [0.25, 0.3) is 0 Å². The molecule has 2 fully saturated rings. The summed E-state index contributed by atoms with van der Waals surface area (Å²) in [7, 11) is 0. The lowest BCUT2D eigenvalue weighted by molar-refractivity contribution is -0.136. The van der Waals surface area contributed by atoms with Gasteiger partial charge in [-0.1, -0.05) is 35.3 Å². The SMILES string of the molecule is O=C(C1CC1c1ccc(Cl)c(Cl)c1)N1CCNCC1c1cccnc1. The molecule has 1 aromatic carbocycles. The first-order valence-corrected chi connectivity index (χ1v) is 9.27. The fourth-order valence-corrected chi connectivity index (χ4v) is 3.94. The summed E-state index contributed by atoms with van der Waals surface area (Å²) in [6.07, 6.45) is 4.48. The van der Waals surface area contributed by atoms with Gasteiger partial charge in [-0.25, -0.2) is 0 Å². The molecule has 4 rings (SSSR count). The molecule has 1 aliphatic heterocycles. The lowest BCUT2D eigenvalue weighted by atomic mass is 10.0. The minimum Gasteiger partial charge on any atom is -0.333 e. The highest BCUT2D eigenvalue weighted by Crippen LogP contribution is 2.50. The molecular weight excluding hydrogens is 357 g/mol. The normalized spacial score (nSPS) is 25.7. The maximum atomic E-state index is 13.1. The number of rotatable bonds is 3. The van der Waals surface area contributed by atoms with Crippen molar-refractivity contribution in [1.82, 2.24) is 15.2 Å². The van der Waals surface area contributed by atoms with E-state index in [9.17, 15) is 4.79 Å². The lowest BCUT2D eigenvalue weighted by Crippen LogP contribution is -2.49. The average molecular weight is 376 g/mol. The van der Waals surface area contributed by atoms with Gasteiger partial charge in [-0.2, -0.15) is 0 Å². The van der Waals surface area contributed by atoms with E-state index in [1.165, 1.54) is 0 Å². The van der Waals surface area contributed by atoms with Gasteiger partial charge in [0.2, 0.25) is 5.91 Å². The van der Waals surface area contributed by atoms with Crippen molar-refractivity contribution < 1.29 is 4.79 Å². The van der Waals surface area contributed by atoms with Crippen LogP contribution in [0.1, 0.15) is 29.5 Å². The van der Waals surface area contributed by atoms with Crippen LogP contribution in [0.4, 0.5) is 0 Å². The van der Waals surface area contributed by atoms with Crippen LogP contribution >= 0.6 is 23.2 Å². The van der Waals surface area contributed by atoms with Gasteiger partial charge in [0.25, 0.3) is 0 Å². The second-order valence-corrected chi connectivity index (χ2v) is 7.47. The highest BCUT2D eigenvalue weighted by molar-refractivity contribution is 6.42. The molecule has 4 nitrogen and oxygen atoms in total. The standard InChI is InChI=1S/C19H19Cl2N3O/c20-16-4-3-12(8-17(16)21)14-9-15(14)19(25)24-7-6-23-11-18(24)13-2-1-5-22-10-13/h1-5,8,10,14-15,18,23H,6-7,9,11H2. The van der Waals surface area contributed by atoms with Crippen molar-refractivity contribution in [2.45, 2.75) is 18.4 Å². The van der Waals surface area contributed by atoms with E-state index in [2.05, 4.69) is 10.3 Å². The van der Waals surface area contributed by atoms with Gasteiger partial charge in [-0.15, -0.1) is 0 Å². The first-order valence-electron chi connectivity index (χ1n) is 8.51. The molecule has 3 atom stereocenters. The molecule has 0 bridgehead atoms. The smallest absolute Gasteiger partial charge is 0.226 e. The number of hydrogen-bond acceptors (Lipinski definition) is 3. The zero-order chi connectivity index (χ0) is 17.4. The lowest BCUT2D eigenvalue weighted by Gasteiger charge is -2.36. The Bertz CT molecular complexity index is 783. The molecule has 1 aromatic heterocycles. The van der Waals surface area contributed by atoms with Gasteiger partial charge in [0, 0.05) is 37.9 Å². The maximum absolute atomic E-state index is 13.1. The van der Waals surface area contributed by atoms with Crippen LogP contribution in [0, 0.1) is 5.92 Å². The van der Waals surface area contributed by atoms with Crippen LogP contribution in [-0.4, -0.2) is 35.4 Å². The van der Waals surface area contributed by atoms with Gasteiger partial charge in [-0.05, 0) is 41.7 Å². The number of piperazine rings is 1. The van der Waals surface area contributed by atoms with Crippen LogP contribution in [0.5, 0.6) is 0 Å². The van der Waals surface area contributed by atoms with Crippen molar-refractivity contribution >= 4 is 29.1 Å². The Morgan fingerprint density at radius 3 is 2.84 bits per heavy atom. The predicted molar refractivity (Wildman–Crippen MR) is 98.9 cm³/mol. The molecule has 1 N–H and O–H groups in total. The van der Waals surface area contributed by atoms with Crippen LogP contribution < -0.4 is 5.32 Å². The summed E-state index contributed by atoms with van der Waals surface area (Å²) in [6, 6.07) is 9.67. The second-order valence-electron chi connectivity index (χ2n) is 6.66. The molecule has 0 radical (unpaired) electrons. The highest BCUT2D eigenvalue weighted by atomic mass is 35.5. The number of nitrogens with one attached hydrogen (secondary N) is 1. The molecule has 25 heavy (non-hydrogen) atoms. The summed E-state index contributed by atoms with van der Waals surface area (Å²) in [5.74, 6) is 0.507. The fraction of sp³-hybridized carbons (Fsp3) is 0.368.